The van der Waals surface area contributed by atoms with Crippen molar-refractivity contribution in [2.75, 3.05) is 0 Å². The van der Waals surface area contributed by atoms with Crippen LogP contribution in [0.25, 0.3) is 11.0 Å². The van der Waals surface area contributed by atoms with Crippen LogP contribution in [0.15, 0.2) is 57.7 Å². The van der Waals surface area contributed by atoms with Crippen molar-refractivity contribution in [1.29, 1.82) is 0 Å². The molecular weight excluding hydrogens is 284 g/mol. The largest absolute Gasteiger partial charge is 0.508 e. The highest BCUT2D eigenvalue weighted by molar-refractivity contribution is 5.95. The summed E-state index contributed by atoms with van der Waals surface area (Å²) in [4.78, 5) is 23.4. The van der Waals surface area contributed by atoms with Crippen LogP contribution in [-0.2, 0) is 6.42 Å². The van der Waals surface area contributed by atoms with Gasteiger partial charge >= 0.3 is 11.6 Å². The van der Waals surface area contributed by atoms with E-state index in [0.717, 1.165) is 5.56 Å². The quantitative estimate of drug-likeness (QED) is 0.726. The smallest absolute Gasteiger partial charge is 0.351 e. The summed E-state index contributed by atoms with van der Waals surface area (Å²) >= 11 is 0. The molecule has 3 rings (SSSR count). The van der Waals surface area contributed by atoms with Gasteiger partial charge in [0.25, 0.3) is 0 Å². The first-order valence-electron chi connectivity index (χ1n) is 6.62. The number of aromatic hydroxyl groups is 1. The lowest BCUT2D eigenvalue weighted by molar-refractivity contribution is 0.0691. The second-order valence-corrected chi connectivity index (χ2v) is 4.89. The zero-order valence-corrected chi connectivity index (χ0v) is 11.4. The third kappa shape index (κ3) is 2.44. The second kappa shape index (κ2) is 5.37. The van der Waals surface area contributed by atoms with Gasteiger partial charge in [0.05, 0.1) is 0 Å². The topological polar surface area (TPSA) is 87.7 Å². The number of carboxylic acid groups (broad SMARTS) is 1. The first-order chi connectivity index (χ1) is 10.6. The van der Waals surface area contributed by atoms with E-state index in [1.807, 2.05) is 30.3 Å². The number of phenolic OH excluding ortho intramolecular Hbond substituents is 1. The van der Waals surface area contributed by atoms with E-state index in [4.69, 9.17) is 4.42 Å². The van der Waals surface area contributed by atoms with Crippen LogP contribution in [0.5, 0.6) is 5.75 Å². The fourth-order valence-electron chi connectivity index (χ4n) is 2.45. The highest BCUT2D eigenvalue weighted by Crippen LogP contribution is 2.26. The lowest BCUT2D eigenvalue weighted by Crippen LogP contribution is -2.17. The average Bonchev–Trinajstić information content (AvgIpc) is 2.47. The van der Waals surface area contributed by atoms with Crippen LogP contribution >= 0.6 is 0 Å². The van der Waals surface area contributed by atoms with Gasteiger partial charge in [0.1, 0.15) is 16.9 Å². The Labute approximate surface area is 125 Å². The van der Waals surface area contributed by atoms with E-state index in [-0.39, 0.29) is 23.3 Å². The fourth-order valence-corrected chi connectivity index (χ4v) is 2.45. The molecule has 0 bridgehead atoms. The van der Waals surface area contributed by atoms with Gasteiger partial charge in [0.2, 0.25) is 0 Å². The van der Waals surface area contributed by atoms with E-state index in [0.29, 0.717) is 10.9 Å². The van der Waals surface area contributed by atoms with Gasteiger partial charge < -0.3 is 14.6 Å². The number of carbonyl (C=O) groups is 1. The summed E-state index contributed by atoms with van der Waals surface area (Å²) in [5.41, 5.74) is 0.134. The number of rotatable bonds is 3. The maximum Gasteiger partial charge on any atom is 0.351 e. The van der Waals surface area contributed by atoms with Crippen LogP contribution < -0.4 is 5.63 Å². The molecule has 0 aliphatic carbocycles. The Kier molecular flexibility index (Phi) is 3.39. The average molecular weight is 296 g/mol. The molecule has 1 heterocycles. The molecule has 0 unspecified atom stereocenters. The van der Waals surface area contributed by atoms with Gasteiger partial charge in [-0.3, -0.25) is 0 Å². The number of aromatic carboxylic acids is 1. The SMILES string of the molecule is O=C(O)c1c(Cc2ccccc2)c2ccc(O)cc2oc1=O. The lowest BCUT2D eigenvalue weighted by Gasteiger charge is -2.09. The Morgan fingerprint density at radius 3 is 2.50 bits per heavy atom. The second-order valence-electron chi connectivity index (χ2n) is 4.89. The van der Waals surface area contributed by atoms with Gasteiger partial charge in [-0.25, -0.2) is 9.59 Å². The number of benzene rings is 2. The van der Waals surface area contributed by atoms with Crippen molar-refractivity contribution in [3.05, 3.63) is 75.6 Å². The van der Waals surface area contributed by atoms with E-state index >= 15 is 0 Å². The summed E-state index contributed by atoms with van der Waals surface area (Å²) in [7, 11) is 0. The highest BCUT2D eigenvalue weighted by atomic mass is 16.4. The molecule has 0 aliphatic heterocycles. The molecule has 0 saturated heterocycles. The molecule has 1 aromatic heterocycles. The first-order valence-corrected chi connectivity index (χ1v) is 6.62. The lowest BCUT2D eigenvalue weighted by atomic mass is 9.97. The normalized spacial score (nSPS) is 10.7. The highest BCUT2D eigenvalue weighted by Gasteiger charge is 2.20. The minimum absolute atomic E-state index is 0.0515. The summed E-state index contributed by atoms with van der Waals surface area (Å²) in [6, 6.07) is 13.5. The Morgan fingerprint density at radius 1 is 1.09 bits per heavy atom. The van der Waals surface area contributed by atoms with E-state index in [9.17, 15) is 19.8 Å². The van der Waals surface area contributed by atoms with Crippen molar-refractivity contribution in [3.8, 4) is 5.75 Å². The molecule has 110 valence electrons. The van der Waals surface area contributed by atoms with Gasteiger partial charge in [0, 0.05) is 11.5 Å². The van der Waals surface area contributed by atoms with Gasteiger partial charge in [-0.1, -0.05) is 30.3 Å². The van der Waals surface area contributed by atoms with Crippen LogP contribution in [0, 0.1) is 0 Å². The van der Waals surface area contributed by atoms with Crippen LogP contribution in [0.4, 0.5) is 0 Å². The third-order valence-electron chi connectivity index (χ3n) is 3.44. The summed E-state index contributed by atoms with van der Waals surface area (Å²) < 4.78 is 5.02. The minimum Gasteiger partial charge on any atom is -0.508 e. The molecule has 5 heteroatoms. The van der Waals surface area contributed by atoms with Crippen LogP contribution in [0.2, 0.25) is 0 Å². The van der Waals surface area contributed by atoms with E-state index in [1.165, 1.54) is 12.1 Å². The van der Waals surface area contributed by atoms with Crippen molar-refractivity contribution in [1.82, 2.24) is 0 Å². The zero-order chi connectivity index (χ0) is 15.7. The van der Waals surface area contributed by atoms with Crippen molar-refractivity contribution < 1.29 is 19.4 Å². The number of carboxylic acids is 1. The monoisotopic (exact) mass is 296 g/mol. The van der Waals surface area contributed by atoms with E-state index < -0.39 is 11.6 Å². The molecule has 2 aromatic carbocycles. The Bertz CT molecular complexity index is 909. The number of hydrogen-bond acceptors (Lipinski definition) is 4. The number of phenols is 1. The molecule has 5 nitrogen and oxygen atoms in total. The minimum atomic E-state index is -1.32. The molecule has 22 heavy (non-hydrogen) atoms. The van der Waals surface area contributed by atoms with Gasteiger partial charge in [-0.05, 0) is 29.7 Å². The third-order valence-corrected chi connectivity index (χ3v) is 3.44. The molecule has 0 aliphatic rings. The zero-order valence-electron chi connectivity index (χ0n) is 11.4. The predicted molar refractivity (Wildman–Crippen MR) is 80.4 cm³/mol. The molecule has 0 radical (unpaired) electrons. The van der Waals surface area contributed by atoms with Crippen molar-refractivity contribution in [2.45, 2.75) is 6.42 Å². The van der Waals surface area contributed by atoms with Crippen molar-refractivity contribution in [2.24, 2.45) is 0 Å². The van der Waals surface area contributed by atoms with Crippen LogP contribution in [-0.4, -0.2) is 16.2 Å². The van der Waals surface area contributed by atoms with Gasteiger partial charge in [-0.2, -0.15) is 0 Å². The molecule has 2 N–H and O–H groups in total. The Hall–Kier alpha value is -3.08. The summed E-state index contributed by atoms with van der Waals surface area (Å²) in [5, 5.41) is 19.3. The molecule has 0 spiro atoms. The fraction of sp³-hybridized carbons (Fsp3) is 0.0588. The van der Waals surface area contributed by atoms with Gasteiger partial charge in [0.15, 0.2) is 0 Å². The molecule has 0 saturated carbocycles. The maximum absolute atomic E-state index is 12.0. The van der Waals surface area contributed by atoms with Crippen LogP contribution in [0.1, 0.15) is 21.5 Å². The van der Waals surface area contributed by atoms with Crippen molar-refractivity contribution in [3.63, 3.8) is 0 Å². The number of hydrogen-bond donors (Lipinski definition) is 2. The summed E-state index contributed by atoms with van der Waals surface area (Å²) in [6.45, 7) is 0. The summed E-state index contributed by atoms with van der Waals surface area (Å²) in [6.07, 6.45) is 0.287. The molecule has 0 fully saturated rings. The molecule has 0 amide bonds. The van der Waals surface area contributed by atoms with Crippen LogP contribution in [0.3, 0.4) is 0 Å². The van der Waals surface area contributed by atoms with E-state index in [1.54, 1.807) is 6.07 Å². The molecule has 0 atom stereocenters. The number of fused-ring (bicyclic) bond motifs is 1. The Morgan fingerprint density at radius 2 is 1.82 bits per heavy atom. The first kappa shape index (κ1) is 13.9. The van der Waals surface area contributed by atoms with Gasteiger partial charge in [-0.15, -0.1) is 0 Å². The Balaban J connectivity index is 2.30. The predicted octanol–water partition coefficient (Wildman–Crippen LogP) is 2.79. The van der Waals surface area contributed by atoms with Crippen molar-refractivity contribution >= 4 is 16.9 Å². The summed E-state index contributed by atoms with van der Waals surface area (Å²) in [5.74, 6) is -1.38. The standard InChI is InChI=1S/C17H12O5/c18-11-6-7-12-13(8-10-4-2-1-3-5-10)15(16(19)20)17(21)22-14(12)9-11/h1-7,9,18H,8H2,(H,19,20). The maximum atomic E-state index is 12.0. The molecular formula is C17H12O5. The molecule has 3 aromatic rings. The van der Waals surface area contributed by atoms with E-state index in [2.05, 4.69) is 0 Å².